The van der Waals surface area contributed by atoms with Crippen LogP contribution in [0.15, 0.2) is 36.4 Å². The van der Waals surface area contributed by atoms with Crippen molar-refractivity contribution >= 4 is 23.0 Å². The van der Waals surface area contributed by atoms with E-state index in [9.17, 15) is 9.18 Å². The van der Waals surface area contributed by atoms with Crippen molar-refractivity contribution < 1.29 is 9.18 Å². The first-order valence-corrected chi connectivity index (χ1v) is 6.53. The predicted octanol–water partition coefficient (Wildman–Crippen LogP) is 3.03. The van der Waals surface area contributed by atoms with Crippen LogP contribution in [0.25, 0.3) is 0 Å². The minimum atomic E-state index is -0.552. The molecule has 0 aromatic heterocycles. The van der Waals surface area contributed by atoms with E-state index in [2.05, 4.69) is 5.32 Å². The maximum absolute atomic E-state index is 14.1. The smallest absolute Gasteiger partial charge is 0.258 e. The number of nitrogens with two attached hydrogens (primary N) is 1. The zero-order valence-corrected chi connectivity index (χ0v) is 12.3. The van der Waals surface area contributed by atoms with E-state index in [0.717, 1.165) is 5.69 Å². The zero-order chi connectivity index (χ0) is 15.6. The van der Waals surface area contributed by atoms with Crippen molar-refractivity contribution in [2.24, 2.45) is 0 Å². The zero-order valence-electron chi connectivity index (χ0n) is 12.3. The fourth-order valence-electron chi connectivity index (χ4n) is 2.12. The van der Waals surface area contributed by atoms with E-state index in [4.69, 9.17) is 5.73 Å². The minimum Gasteiger partial charge on any atom is -0.399 e. The van der Waals surface area contributed by atoms with E-state index in [1.54, 1.807) is 13.0 Å². The third kappa shape index (κ3) is 3.13. The summed E-state index contributed by atoms with van der Waals surface area (Å²) in [4.78, 5) is 14.2. The number of nitrogens with one attached hydrogen (secondary N) is 1. The first-order chi connectivity index (χ1) is 9.90. The maximum atomic E-state index is 14.1. The lowest BCUT2D eigenvalue weighted by Crippen LogP contribution is -2.18. The molecule has 0 aliphatic rings. The Morgan fingerprint density at radius 1 is 1.24 bits per heavy atom. The highest BCUT2D eigenvalue weighted by atomic mass is 19.1. The predicted molar refractivity (Wildman–Crippen MR) is 84.3 cm³/mol. The second-order valence-electron chi connectivity index (χ2n) is 5.07. The Morgan fingerprint density at radius 2 is 1.90 bits per heavy atom. The SMILES string of the molecule is Cc1cc(N)cc(C(=O)Nc2ccccc2N(C)C)c1F. The molecule has 3 N–H and O–H groups in total. The van der Waals surface area contributed by atoms with Crippen molar-refractivity contribution in [3.63, 3.8) is 0 Å². The maximum Gasteiger partial charge on any atom is 0.258 e. The Hall–Kier alpha value is -2.56. The van der Waals surface area contributed by atoms with E-state index >= 15 is 0 Å². The topological polar surface area (TPSA) is 58.4 Å². The molecule has 110 valence electrons. The van der Waals surface area contributed by atoms with Crippen LogP contribution in [0.1, 0.15) is 15.9 Å². The number of nitrogen functional groups attached to an aromatic ring is 1. The lowest BCUT2D eigenvalue weighted by atomic mass is 10.1. The molecule has 5 heteroatoms. The standard InChI is InChI=1S/C16H18FN3O/c1-10-8-11(18)9-12(15(10)17)16(21)19-13-6-4-5-7-14(13)20(2)3/h4-9H,18H2,1-3H3,(H,19,21). The van der Waals surface area contributed by atoms with Crippen LogP contribution in [0, 0.1) is 12.7 Å². The minimum absolute atomic E-state index is 0.0546. The van der Waals surface area contributed by atoms with Gasteiger partial charge in [-0.25, -0.2) is 4.39 Å². The molecule has 2 rings (SSSR count). The van der Waals surface area contributed by atoms with Crippen LogP contribution in [0.5, 0.6) is 0 Å². The lowest BCUT2D eigenvalue weighted by Gasteiger charge is -2.18. The van der Waals surface area contributed by atoms with Gasteiger partial charge < -0.3 is 16.0 Å². The number of para-hydroxylation sites is 2. The summed E-state index contributed by atoms with van der Waals surface area (Å²) < 4.78 is 14.1. The van der Waals surface area contributed by atoms with Gasteiger partial charge in [0.1, 0.15) is 5.82 Å². The van der Waals surface area contributed by atoms with Crippen molar-refractivity contribution in [1.82, 2.24) is 0 Å². The van der Waals surface area contributed by atoms with Crippen LogP contribution in [0.2, 0.25) is 0 Å². The molecule has 1 amide bonds. The summed E-state index contributed by atoms with van der Waals surface area (Å²) in [6.07, 6.45) is 0. The number of halogens is 1. The molecule has 0 heterocycles. The molecule has 0 aliphatic heterocycles. The van der Waals surface area contributed by atoms with Crippen LogP contribution in [-0.2, 0) is 0 Å². The molecule has 0 saturated heterocycles. The van der Waals surface area contributed by atoms with Gasteiger partial charge in [-0.3, -0.25) is 4.79 Å². The number of carbonyl (C=O) groups excluding carboxylic acids is 1. The van der Waals surface area contributed by atoms with Crippen molar-refractivity contribution in [3.8, 4) is 0 Å². The van der Waals surface area contributed by atoms with Crippen LogP contribution < -0.4 is 16.0 Å². The molecule has 2 aromatic carbocycles. The monoisotopic (exact) mass is 287 g/mol. The Kier molecular flexibility index (Phi) is 4.12. The summed E-state index contributed by atoms with van der Waals surface area (Å²) in [6, 6.07) is 10.2. The third-order valence-electron chi connectivity index (χ3n) is 3.16. The molecule has 0 unspecified atom stereocenters. The highest BCUT2D eigenvalue weighted by molar-refractivity contribution is 6.06. The van der Waals surface area contributed by atoms with Gasteiger partial charge in [-0.15, -0.1) is 0 Å². The van der Waals surface area contributed by atoms with Crippen LogP contribution >= 0.6 is 0 Å². The number of rotatable bonds is 3. The van der Waals surface area contributed by atoms with E-state index in [1.807, 2.05) is 37.2 Å². The van der Waals surface area contributed by atoms with Crippen LogP contribution in [0.4, 0.5) is 21.5 Å². The Balaban J connectivity index is 2.35. The fourth-order valence-corrected chi connectivity index (χ4v) is 2.12. The highest BCUT2D eigenvalue weighted by Crippen LogP contribution is 2.25. The van der Waals surface area contributed by atoms with Gasteiger partial charge in [0.15, 0.2) is 0 Å². The van der Waals surface area contributed by atoms with Crippen molar-refractivity contribution in [3.05, 3.63) is 53.3 Å². The molecule has 0 bridgehead atoms. The van der Waals surface area contributed by atoms with E-state index in [0.29, 0.717) is 16.9 Å². The first kappa shape index (κ1) is 14.8. The molecule has 4 nitrogen and oxygen atoms in total. The molecule has 2 aromatic rings. The Morgan fingerprint density at radius 3 is 2.57 bits per heavy atom. The average molecular weight is 287 g/mol. The van der Waals surface area contributed by atoms with Gasteiger partial charge in [-0.1, -0.05) is 12.1 Å². The highest BCUT2D eigenvalue weighted by Gasteiger charge is 2.16. The van der Waals surface area contributed by atoms with Gasteiger partial charge in [0.2, 0.25) is 0 Å². The largest absolute Gasteiger partial charge is 0.399 e. The number of benzene rings is 2. The third-order valence-corrected chi connectivity index (χ3v) is 3.16. The lowest BCUT2D eigenvalue weighted by molar-refractivity contribution is 0.102. The Bertz CT molecular complexity index is 683. The molecular formula is C16H18FN3O. The van der Waals surface area contributed by atoms with Crippen molar-refractivity contribution in [1.29, 1.82) is 0 Å². The van der Waals surface area contributed by atoms with Gasteiger partial charge in [-0.05, 0) is 36.8 Å². The second-order valence-corrected chi connectivity index (χ2v) is 5.07. The van der Waals surface area contributed by atoms with Gasteiger partial charge in [0.25, 0.3) is 5.91 Å². The summed E-state index contributed by atoms with van der Waals surface area (Å²) in [7, 11) is 3.74. The summed E-state index contributed by atoms with van der Waals surface area (Å²) >= 11 is 0. The summed E-state index contributed by atoms with van der Waals surface area (Å²) in [5, 5.41) is 2.73. The van der Waals surface area contributed by atoms with E-state index < -0.39 is 11.7 Å². The molecule has 0 saturated carbocycles. The molecule has 0 spiro atoms. The van der Waals surface area contributed by atoms with Gasteiger partial charge in [0, 0.05) is 19.8 Å². The average Bonchev–Trinajstić information content (AvgIpc) is 2.43. The van der Waals surface area contributed by atoms with Crippen molar-refractivity contribution in [2.45, 2.75) is 6.92 Å². The van der Waals surface area contributed by atoms with Crippen LogP contribution in [-0.4, -0.2) is 20.0 Å². The molecule has 0 radical (unpaired) electrons. The molecular weight excluding hydrogens is 269 g/mol. The number of amides is 1. The molecule has 0 aliphatic carbocycles. The Labute approximate surface area is 123 Å². The number of carbonyl (C=O) groups is 1. The van der Waals surface area contributed by atoms with E-state index in [-0.39, 0.29) is 5.56 Å². The quantitative estimate of drug-likeness (QED) is 0.853. The normalized spacial score (nSPS) is 10.3. The molecule has 0 fully saturated rings. The number of anilines is 3. The molecule has 21 heavy (non-hydrogen) atoms. The molecule has 0 atom stereocenters. The second kappa shape index (κ2) is 5.83. The number of aryl methyl sites for hydroxylation is 1. The van der Waals surface area contributed by atoms with Gasteiger partial charge >= 0.3 is 0 Å². The fraction of sp³-hybridized carbons (Fsp3) is 0.188. The van der Waals surface area contributed by atoms with Crippen LogP contribution in [0.3, 0.4) is 0 Å². The number of hydrogen-bond acceptors (Lipinski definition) is 3. The first-order valence-electron chi connectivity index (χ1n) is 6.53. The van der Waals surface area contributed by atoms with Gasteiger partial charge in [-0.2, -0.15) is 0 Å². The number of nitrogens with zero attached hydrogens (tertiary/aromatic N) is 1. The summed E-state index contributed by atoms with van der Waals surface area (Å²) in [5.41, 5.74) is 7.79. The summed E-state index contributed by atoms with van der Waals surface area (Å²) in [5.74, 6) is -1.07. The number of hydrogen-bond donors (Lipinski definition) is 2. The van der Waals surface area contributed by atoms with E-state index in [1.165, 1.54) is 12.1 Å². The van der Waals surface area contributed by atoms with Crippen molar-refractivity contribution in [2.75, 3.05) is 30.0 Å². The van der Waals surface area contributed by atoms with Gasteiger partial charge in [0.05, 0.1) is 16.9 Å². The summed E-state index contributed by atoms with van der Waals surface area (Å²) in [6.45, 7) is 1.58.